The van der Waals surface area contributed by atoms with E-state index in [1.807, 2.05) is 0 Å². The van der Waals surface area contributed by atoms with Crippen molar-refractivity contribution in [3.05, 3.63) is 0 Å². The van der Waals surface area contributed by atoms with Crippen LogP contribution >= 0.6 is 0 Å². The molecule has 1 aliphatic carbocycles. The van der Waals surface area contributed by atoms with E-state index < -0.39 is 18.2 Å². The third-order valence-corrected chi connectivity index (χ3v) is 8.44. The van der Waals surface area contributed by atoms with E-state index in [2.05, 4.69) is 31.1 Å². The van der Waals surface area contributed by atoms with Gasteiger partial charge in [-0.1, -0.05) is 26.2 Å². The molecule has 0 aromatic rings. The summed E-state index contributed by atoms with van der Waals surface area (Å²) in [5, 5.41) is 0. The normalized spacial score (nSPS) is 20.6. The number of hydrogen-bond acceptors (Lipinski definition) is 2. The van der Waals surface area contributed by atoms with Crippen LogP contribution in [0.4, 0.5) is 0 Å². The predicted molar refractivity (Wildman–Crippen MR) is 72.2 cm³/mol. The van der Waals surface area contributed by atoms with Gasteiger partial charge < -0.3 is 8.68 Å². The van der Waals surface area contributed by atoms with E-state index in [1.165, 1.54) is 38.6 Å². The van der Waals surface area contributed by atoms with Gasteiger partial charge in [0.25, 0.3) is 0 Å². The molecule has 1 rings (SSSR count). The van der Waals surface area contributed by atoms with Gasteiger partial charge in [-0.25, -0.2) is 0 Å². The molecule has 1 saturated carbocycles. The monoisotopic (exact) mass is 245 g/mol. The van der Waals surface area contributed by atoms with E-state index >= 15 is 0 Å². The zero-order valence-corrected chi connectivity index (χ0v) is 13.3. The van der Waals surface area contributed by atoms with E-state index in [-0.39, 0.29) is 0 Å². The Labute approximate surface area is 98.5 Å². The summed E-state index contributed by atoms with van der Waals surface area (Å²) in [7, 11) is -1.71. The maximum Gasteiger partial charge on any atom is 0.227 e. The zero-order valence-electron chi connectivity index (χ0n) is 10.9. The van der Waals surface area contributed by atoms with E-state index in [0.717, 1.165) is 6.04 Å². The Bertz CT molecular complexity index is 176. The van der Waals surface area contributed by atoms with E-state index in [9.17, 15) is 0 Å². The van der Waals surface area contributed by atoms with Crippen molar-refractivity contribution < 1.29 is 4.12 Å². The molecular weight excluding hydrogens is 218 g/mol. The van der Waals surface area contributed by atoms with Crippen molar-refractivity contribution in [2.75, 3.05) is 6.54 Å². The standard InChI is InChI=1S/C11H27NOSi2/c1-5-12(14-13-15(2,3)4)11-9-7-6-8-10-11/h11H,5-10,14H2,1-4H3. The Morgan fingerprint density at radius 3 is 2.27 bits per heavy atom. The molecule has 0 aliphatic heterocycles. The van der Waals surface area contributed by atoms with Crippen LogP contribution in [0.25, 0.3) is 0 Å². The van der Waals surface area contributed by atoms with Crippen molar-refractivity contribution in [2.45, 2.75) is 64.7 Å². The minimum atomic E-state index is -1.28. The second kappa shape index (κ2) is 6.18. The minimum Gasteiger partial charge on any atom is -0.449 e. The summed E-state index contributed by atoms with van der Waals surface area (Å²) in [5.41, 5.74) is 0. The Morgan fingerprint density at radius 2 is 1.80 bits per heavy atom. The lowest BCUT2D eigenvalue weighted by Gasteiger charge is -2.34. The molecule has 0 aromatic carbocycles. The summed E-state index contributed by atoms with van der Waals surface area (Å²) in [6, 6.07) is 0.853. The highest BCUT2D eigenvalue weighted by molar-refractivity contribution is 6.73. The molecular formula is C11H27NOSi2. The number of rotatable bonds is 5. The molecule has 0 aromatic heterocycles. The van der Waals surface area contributed by atoms with Crippen LogP contribution in [0.3, 0.4) is 0 Å². The first-order valence-electron chi connectivity index (χ1n) is 6.41. The number of hydrogen-bond donors (Lipinski definition) is 0. The summed E-state index contributed by atoms with van der Waals surface area (Å²) in [6.07, 6.45) is 7.14. The van der Waals surface area contributed by atoms with Crippen molar-refractivity contribution in [1.29, 1.82) is 0 Å². The van der Waals surface area contributed by atoms with Crippen molar-refractivity contribution in [1.82, 2.24) is 4.57 Å². The van der Waals surface area contributed by atoms with Gasteiger partial charge in [0.1, 0.15) is 0 Å². The molecule has 1 aliphatic rings. The Balaban J connectivity index is 2.34. The third-order valence-electron chi connectivity index (χ3n) is 3.16. The van der Waals surface area contributed by atoms with Gasteiger partial charge >= 0.3 is 0 Å². The van der Waals surface area contributed by atoms with Gasteiger partial charge in [-0.15, -0.1) is 0 Å². The first-order valence-corrected chi connectivity index (χ1v) is 11.0. The average molecular weight is 246 g/mol. The quantitative estimate of drug-likeness (QED) is 0.690. The lowest BCUT2D eigenvalue weighted by atomic mass is 9.95. The maximum atomic E-state index is 6.14. The topological polar surface area (TPSA) is 12.5 Å². The molecule has 15 heavy (non-hydrogen) atoms. The molecule has 90 valence electrons. The molecule has 0 atom stereocenters. The first kappa shape index (κ1) is 13.4. The second-order valence-electron chi connectivity index (χ2n) is 5.58. The summed E-state index contributed by atoms with van der Waals surface area (Å²) in [5.74, 6) is 0. The molecule has 0 heterocycles. The molecule has 0 amide bonds. The summed E-state index contributed by atoms with van der Waals surface area (Å²) in [4.78, 5) is 0. The lowest BCUT2D eigenvalue weighted by molar-refractivity contribution is 0.247. The predicted octanol–water partition coefficient (Wildman–Crippen LogP) is 2.49. The van der Waals surface area contributed by atoms with E-state index in [0.29, 0.717) is 0 Å². The summed E-state index contributed by atoms with van der Waals surface area (Å²) < 4.78 is 8.80. The van der Waals surface area contributed by atoms with Gasteiger partial charge in [-0.05, 0) is 39.0 Å². The lowest BCUT2D eigenvalue weighted by Crippen LogP contribution is -2.44. The highest BCUT2D eigenvalue weighted by atomic mass is 28.4. The number of nitrogens with zero attached hydrogens (tertiary/aromatic N) is 1. The molecule has 0 bridgehead atoms. The van der Waals surface area contributed by atoms with Crippen molar-refractivity contribution in [2.24, 2.45) is 0 Å². The molecule has 2 nitrogen and oxygen atoms in total. The average Bonchev–Trinajstić information content (AvgIpc) is 2.19. The molecule has 1 fully saturated rings. The van der Waals surface area contributed by atoms with Gasteiger partial charge in [-0.2, -0.15) is 0 Å². The van der Waals surface area contributed by atoms with Crippen LogP contribution in [0, 0.1) is 0 Å². The van der Waals surface area contributed by atoms with Crippen LogP contribution in [0.15, 0.2) is 0 Å². The van der Waals surface area contributed by atoms with Crippen LogP contribution < -0.4 is 0 Å². The molecule has 0 saturated heterocycles. The van der Waals surface area contributed by atoms with Crippen LogP contribution in [0.5, 0.6) is 0 Å². The van der Waals surface area contributed by atoms with E-state index in [1.54, 1.807) is 0 Å². The molecule has 0 unspecified atom stereocenters. The van der Waals surface area contributed by atoms with Gasteiger partial charge in [0.2, 0.25) is 9.92 Å². The zero-order chi connectivity index (χ0) is 11.3. The highest BCUT2D eigenvalue weighted by Crippen LogP contribution is 2.22. The fourth-order valence-electron chi connectivity index (χ4n) is 2.18. The minimum absolute atomic E-state index is 0.429. The molecule has 0 radical (unpaired) electrons. The first-order chi connectivity index (χ1) is 7.03. The fourth-order valence-corrected chi connectivity index (χ4v) is 5.15. The molecule has 0 N–H and O–H groups in total. The van der Waals surface area contributed by atoms with Gasteiger partial charge in [0.05, 0.1) is 0 Å². The van der Waals surface area contributed by atoms with Crippen LogP contribution in [0.2, 0.25) is 19.6 Å². The van der Waals surface area contributed by atoms with Crippen molar-refractivity contribution in [3.8, 4) is 0 Å². The van der Waals surface area contributed by atoms with Gasteiger partial charge in [-0.3, -0.25) is 0 Å². The molecule has 4 heteroatoms. The van der Waals surface area contributed by atoms with E-state index in [4.69, 9.17) is 4.12 Å². The van der Waals surface area contributed by atoms with Gasteiger partial charge in [0, 0.05) is 6.04 Å². The van der Waals surface area contributed by atoms with Crippen molar-refractivity contribution in [3.63, 3.8) is 0 Å². The Kier molecular flexibility index (Phi) is 5.53. The maximum absolute atomic E-state index is 6.14. The Morgan fingerprint density at radius 1 is 1.20 bits per heavy atom. The SMILES string of the molecule is CCN([SiH2]O[Si](C)(C)C)C1CCCCC1. The second-order valence-corrected chi connectivity index (χ2v) is 12.0. The fraction of sp³-hybridized carbons (Fsp3) is 1.00. The smallest absolute Gasteiger partial charge is 0.227 e. The Hall–Kier alpha value is 0.354. The third kappa shape index (κ3) is 5.29. The van der Waals surface area contributed by atoms with Gasteiger partial charge in [0.15, 0.2) is 8.32 Å². The van der Waals surface area contributed by atoms with Crippen LogP contribution in [-0.4, -0.2) is 35.4 Å². The van der Waals surface area contributed by atoms with Crippen molar-refractivity contribution >= 4 is 18.2 Å². The van der Waals surface area contributed by atoms with Crippen LogP contribution in [-0.2, 0) is 4.12 Å². The highest BCUT2D eigenvalue weighted by Gasteiger charge is 2.22. The van der Waals surface area contributed by atoms with Crippen LogP contribution in [0.1, 0.15) is 39.0 Å². The summed E-state index contributed by atoms with van der Waals surface area (Å²) >= 11 is 0. The summed E-state index contributed by atoms with van der Waals surface area (Å²) in [6.45, 7) is 10.4. The molecule has 0 spiro atoms. The largest absolute Gasteiger partial charge is 0.449 e.